The molecule has 0 heterocycles. The number of nitrogens with one attached hydrogen (secondary N) is 1. The van der Waals surface area contributed by atoms with Crippen molar-refractivity contribution in [1.29, 1.82) is 5.26 Å². The predicted molar refractivity (Wildman–Crippen MR) is 106 cm³/mol. The zero-order valence-electron chi connectivity index (χ0n) is 15.8. The molecule has 0 spiro atoms. The van der Waals surface area contributed by atoms with Crippen molar-refractivity contribution in [2.24, 2.45) is 0 Å². The maximum absolute atomic E-state index is 14.1. The highest BCUT2D eigenvalue weighted by Gasteiger charge is 2.30. The van der Waals surface area contributed by atoms with E-state index in [0.717, 1.165) is 18.2 Å². The van der Waals surface area contributed by atoms with Gasteiger partial charge in [-0.05, 0) is 42.0 Å². The molecule has 3 aromatic carbocycles. The van der Waals surface area contributed by atoms with E-state index in [1.165, 1.54) is 42.5 Å². The number of rotatable bonds is 5. The molecule has 0 bridgehead atoms. The monoisotopic (exact) mass is 429 g/mol. The van der Waals surface area contributed by atoms with Crippen molar-refractivity contribution in [1.82, 2.24) is 0 Å². The summed E-state index contributed by atoms with van der Waals surface area (Å²) in [6.07, 6.45) is -4.92. The molecule has 9 heteroatoms. The van der Waals surface area contributed by atoms with Gasteiger partial charge >= 0.3 is 6.18 Å². The van der Waals surface area contributed by atoms with Gasteiger partial charge in [-0.3, -0.25) is 4.79 Å². The molecule has 3 rings (SSSR count). The van der Waals surface area contributed by atoms with Gasteiger partial charge in [0.15, 0.2) is 0 Å². The molecule has 3 aromatic rings. The lowest BCUT2D eigenvalue weighted by atomic mass is 10.1. The number of hydrogen-bond donors (Lipinski definition) is 2. The van der Waals surface area contributed by atoms with Gasteiger partial charge < -0.3 is 15.8 Å². The Morgan fingerprint density at radius 1 is 1.10 bits per heavy atom. The van der Waals surface area contributed by atoms with Crippen LogP contribution < -0.4 is 15.8 Å². The van der Waals surface area contributed by atoms with Crippen LogP contribution in [0.15, 0.2) is 60.7 Å². The zero-order valence-corrected chi connectivity index (χ0v) is 15.8. The van der Waals surface area contributed by atoms with Crippen LogP contribution in [0.4, 0.5) is 28.9 Å². The number of hydrogen-bond acceptors (Lipinski definition) is 4. The minimum atomic E-state index is -4.53. The first-order chi connectivity index (χ1) is 14.7. The predicted octanol–water partition coefficient (Wildman–Crippen LogP) is 5.27. The summed E-state index contributed by atoms with van der Waals surface area (Å²) in [5.74, 6) is -1.15. The van der Waals surface area contributed by atoms with Crippen LogP contribution in [0.5, 0.6) is 11.5 Å². The summed E-state index contributed by atoms with van der Waals surface area (Å²) >= 11 is 0. The molecule has 0 aliphatic heterocycles. The number of alkyl halides is 3. The van der Waals surface area contributed by atoms with Gasteiger partial charge in [0.25, 0.3) is 0 Å². The Labute approximate surface area is 174 Å². The minimum absolute atomic E-state index is 0.126. The van der Waals surface area contributed by atoms with E-state index in [9.17, 15) is 27.6 Å². The molecule has 5 nitrogen and oxygen atoms in total. The molecule has 3 N–H and O–H groups in total. The van der Waals surface area contributed by atoms with Gasteiger partial charge in [-0.25, -0.2) is 4.39 Å². The number of anilines is 2. The summed E-state index contributed by atoms with van der Waals surface area (Å²) in [5.41, 5.74) is 5.19. The molecule has 0 unspecified atom stereocenters. The number of nitrogens with two attached hydrogens (primary N) is 1. The lowest BCUT2D eigenvalue weighted by molar-refractivity contribution is -0.137. The third-order valence-electron chi connectivity index (χ3n) is 4.18. The van der Waals surface area contributed by atoms with Gasteiger partial charge in [0, 0.05) is 11.8 Å². The summed E-state index contributed by atoms with van der Waals surface area (Å²) in [4.78, 5) is 12.2. The summed E-state index contributed by atoms with van der Waals surface area (Å²) in [5, 5.41) is 11.5. The molecule has 0 atom stereocenters. The van der Waals surface area contributed by atoms with Crippen LogP contribution in [0.25, 0.3) is 0 Å². The number of nitrogen functional groups attached to an aromatic ring is 1. The van der Waals surface area contributed by atoms with E-state index in [2.05, 4.69) is 5.32 Å². The fourth-order valence-corrected chi connectivity index (χ4v) is 2.75. The average molecular weight is 429 g/mol. The summed E-state index contributed by atoms with van der Waals surface area (Å²) in [7, 11) is 0. The largest absolute Gasteiger partial charge is 0.456 e. The van der Waals surface area contributed by atoms with E-state index < -0.39 is 23.5 Å². The third-order valence-corrected chi connectivity index (χ3v) is 4.18. The molecule has 0 radical (unpaired) electrons. The highest BCUT2D eigenvalue weighted by Crippen LogP contribution is 2.31. The quantitative estimate of drug-likeness (QED) is 0.427. The van der Waals surface area contributed by atoms with E-state index in [1.807, 2.05) is 6.07 Å². The highest BCUT2D eigenvalue weighted by atomic mass is 19.4. The Kier molecular flexibility index (Phi) is 6.11. The van der Waals surface area contributed by atoms with Crippen LogP contribution in [0, 0.1) is 17.1 Å². The third kappa shape index (κ3) is 5.51. The smallest absolute Gasteiger partial charge is 0.416 e. The van der Waals surface area contributed by atoms with Crippen LogP contribution in [0.2, 0.25) is 0 Å². The van der Waals surface area contributed by atoms with E-state index >= 15 is 0 Å². The maximum atomic E-state index is 14.1. The second-order valence-electron chi connectivity index (χ2n) is 6.53. The van der Waals surface area contributed by atoms with Crippen LogP contribution in [-0.4, -0.2) is 5.91 Å². The Morgan fingerprint density at radius 3 is 2.58 bits per heavy atom. The van der Waals surface area contributed by atoms with Crippen molar-refractivity contribution in [3.05, 3.63) is 83.2 Å². The second kappa shape index (κ2) is 8.75. The number of carbonyl (C=O) groups is 1. The Morgan fingerprint density at radius 2 is 1.87 bits per heavy atom. The number of nitriles is 1. The summed E-state index contributed by atoms with van der Waals surface area (Å²) < 4.78 is 58.2. The Hall–Kier alpha value is -4.06. The topological polar surface area (TPSA) is 88.1 Å². The van der Waals surface area contributed by atoms with Crippen LogP contribution in [0.1, 0.15) is 16.7 Å². The summed E-state index contributed by atoms with van der Waals surface area (Å²) in [6.45, 7) is 0. The van der Waals surface area contributed by atoms with Crippen LogP contribution in [-0.2, 0) is 17.4 Å². The fourth-order valence-electron chi connectivity index (χ4n) is 2.75. The molecule has 0 aliphatic carbocycles. The van der Waals surface area contributed by atoms with Crippen LogP contribution in [0.3, 0.4) is 0 Å². The molecule has 0 aromatic heterocycles. The number of carbonyl (C=O) groups excluding carboxylic acids is 1. The molecule has 1 amide bonds. The molecule has 0 fully saturated rings. The van der Waals surface area contributed by atoms with Crippen molar-refractivity contribution < 1.29 is 27.1 Å². The van der Waals surface area contributed by atoms with Gasteiger partial charge in [0.2, 0.25) is 5.91 Å². The number of benzene rings is 3. The molecule has 0 saturated carbocycles. The van der Waals surface area contributed by atoms with E-state index in [1.54, 1.807) is 0 Å². The number of halogens is 4. The molecule has 31 heavy (non-hydrogen) atoms. The lowest BCUT2D eigenvalue weighted by Gasteiger charge is -2.12. The molecular weight excluding hydrogens is 414 g/mol. The Bertz CT molecular complexity index is 1170. The first kappa shape index (κ1) is 21.6. The summed E-state index contributed by atoms with van der Waals surface area (Å²) in [6, 6.07) is 14.2. The van der Waals surface area contributed by atoms with Gasteiger partial charge in [0.1, 0.15) is 23.4 Å². The van der Waals surface area contributed by atoms with Crippen molar-refractivity contribution in [3.8, 4) is 17.6 Å². The average Bonchev–Trinajstić information content (AvgIpc) is 2.71. The molecule has 158 valence electrons. The normalized spacial score (nSPS) is 10.9. The first-order valence-electron chi connectivity index (χ1n) is 8.89. The van der Waals surface area contributed by atoms with Gasteiger partial charge in [-0.2, -0.15) is 18.4 Å². The van der Waals surface area contributed by atoms with Crippen molar-refractivity contribution in [2.75, 3.05) is 11.1 Å². The second-order valence-corrected chi connectivity index (χ2v) is 6.53. The van der Waals surface area contributed by atoms with Crippen molar-refractivity contribution >= 4 is 17.3 Å². The van der Waals surface area contributed by atoms with E-state index in [0.29, 0.717) is 5.69 Å². The maximum Gasteiger partial charge on any atom is 0.416 e. The number of nitrogens with zero attached hydrogens (tertiary/aromatic N) is 1. The van der Waals surface area contributed by atoms with Gasteiger partial charge in [-0.15, -0.1) is 0 Å². The highest BCUT2D eigenvalue weighted by molar-refractivity contribution is 5.92. The Balaban J connectivity index is 1.75. The first-order valence-corrected chi connectivity index (χ1v) is 8.89. The fraction of sp³-hybridized carbons (Fsp3) is 0.0909. The number of ether oxygens (including phenoxy) is 1. The molecule has 0 saturated heterocycles. The molecular formula is C22H15F4N3O2. The SMILES string of the molecule is N#Cc1cc(N)ccc1Oc1ccc(F)c(NC(=O)Cc2cccc(C(F)(F)F)c2)c1. The standard InChI is InChI=1S/C22H15F4N3O2/c23-18-6-5-17(31-20-7-4-16(28)10-14(20)12-27)11-19(18)29-21(30)9-13-2-1-3-15(8-13)22(24,25)26/h1-8,10-11H,9,28H2,(H,29,30). The number of amides is 1. The van der Waals surface area contributed by atoms with Crippen LogP contribution >= 0.6 is 0 Å². The van der Waals surface area contributed by atoms with Crippen molar-refractivity contribution in [3.63, 3.8) is 0 Å². The van der Waals surface area contributed by atoms with Gasteiger partial charge in [-0.1, -0.05) is 18.2 Å². The zero-order chi connectivity index (χ0) is 22.6. The van der Waals surface area contributed by atoms with Crippen molar-refractivity contribution in [2.45, 2.75) is 12.6 Å². The molecule has 0 aliphatic rings. The van der Waals surface area contributed by atoms with E-state index in [-0.39, 0.29) is 34.7 Å². The van der Waals surface area contributed by atoms with E-state index in [4.69, 9.17) is 10.5 Å². The van der Waals surface area contributed by atoms with Gasteiger partial charge in [0.05, 0.1) is 23.2 Å². The lowest BCUT2D eigenvalue weighted by Crippen LogP contribution is -2.16. The minimum Gasteiger partial charge on any atom is -0.456 e.